The summed E-state index contributed by atoms with van der Waals surface area (Å²) in [6, 6.07) is 0.908. The molecule has 1 saturated heterocycles. The molecule has 2 unspecified atom stereocenters. The molecule has 25 heavy (non-hydrogen) atoms. The molecule has 0 bridgehead atoms. The Hall–Kier alpha value is -0.770. The summed E-state index contributed by atoms with van der Waals surface area (Å²) < 4.78 is 5.54. The van der Waals surface area contributed by atoms with Crippen molar-refractivity contribution in [2.24, 2.45) is 0 Å². The Bertz CT molecular complexity index is 365. The van der Waals surface area contributed by atoms with Gasteiger partial charge in [0.2, 0.25) is 0 Å². The minimum Gasteiger partial charge on any atom is -0.444 e. The third kappa shape index (κ3) is 10.1. The van der Waals surface area contributed by atoms with E-state index in [-0.39, 0.29) is 6.09 Å². The number of unbranched alkanes of at least 4 members (excludes halogenated alkanes) is 5. The number of nitrogens with one attached hydrogen (secondary N) is 1. The highest BCUT2D eigenvalue weighted by molar-refractivity contribution is 5.68. The van der Waals surface area contributed by atoms with Gasteiger partial charge in [-0.1, -0.05) is 45.4 Å². The fourth-order valence-electron chi connectivity index (χ4n) is 3.53. The van der Waals surface area contributed by atoms with E-state index in [2.05, 4.69) is 19.2 Å². The molecule has 2 atom stereocenters. The maximum Gasteiger partial charge on any atom is 0.410 e. The topological polar surface area (TPSA) is 41.6 Å². The van der Waals surface area contributed by atoms with Crippen LogP contribution in [0.3, 0.4) is 0 Å². The van der Waals surface area contributed by atoms with Gasteiger partial charge >= 0.3 is 6.09 Å². The monoisotopic (exact) mass is 354 g/mol. The SMILES string of the molecule is CCCCCCCCC(C)NCCC1CCCN1C(=O)OC(C)(C)C. The lowest BCUT2D eigenvalue weighted by molar-refractivity contribution is 0.0220. The highest BCUT2D eigenvalue weighted by Gasteiger charge is 2.31. The quantitative estimate of drug-likeness (QED) is 0.498. The molecule has 148 valence electrons. The Kier molecular flexibility index (Phi) is 10.5. The molecule has 1 amide bonds. The van der Waals surface area contributed by atoms with E-state index in [1.807, 2.05) is 25.7 Å². The van der Waals surface area contributed by atoms with Crippen LogP contribution < -0.4 is 5.32 Å². The number of amides is 1. The van der Waals surface area contributed by atoms with E-state index in [9.17, 15) is 4.79 Å². The van der Waals surface area contributed by atoms with Crippen LogP contribution in [-0.2, 0) is 4.74 Å². The van der Waals surface area contributed by atoms with Crippen LogP contribution in [0.2, 0.25) is 0 Å². The number of carbonyl (C=O) groups excluding carboxylic acids is 1. The molecule has 0 aromatic carbocycles. The van der Waals surface area contributed by atoms with Crippen LogP contribution >= 0.6 is 0 Å². The van der Waals surface area contributed by atoms with Gasteiger partial charge in [0.05, 0.1) is 0 Å². The second-order valence-electron chi connectivity index (χ2n) is 8.67. The van der Waals surface area contributed by atoms with E-state index in [0.717, 1.165) is 32.4 Å². The van der Waals surface area contributed by atoms with Gasteiger partial charge in [-0.3, -0.25) is 0 Å². The Morgan fingerprint density at radius 1 is 1.20 bits per heavy atom. The Balaban J connectivity index is 2.16. The summed E-state index contributed by atoms with van der Waals surface area (Å²) in [7, 11) is 0. The molecule has 1 N–H and O–H groups in total. The zero-order valence-electron chi connectivity index (χ0n) is 17.4. The fraction of sp³-hybridized carbons (Fsp3) is 0.952. The Morgan fingerprint density at radius 2 is 1.88 bits per heavy atom. The molecule has 4 nitrogen and oxygen atoms in total. The summed E-state index contributed by atoms with van der Waals surface area (Å²) in [6.45, 7) is 12.2. The largest absolute Gasteiger partial charge is 0.444 e. The lowest BCUT2D eigenvalue weighted by atomic mass is 10.1. The molecule has 0 aromatic heterocycles. The van der Waals surface area contributed by atoms with Crippen molar-refractivity contribution in [1.29, 1.82) is 0 Å². The summed E-state index contributed by atoms with van der Waals surface area (Å²) in [4.78, 5) is 14.2. The summed E-state index contributed by atoms with van der Waals surface area (Å²) in [5.41, 5.74) is -0.409. The van der Waals surface area contributed by atoms with E-state index in [1.54, 1.807) is 0 Å². The molecule has 0 aliphatic carbocycles. The van der Waals surface area contributed by atoms with Crippen molar-refractivity contribution in [3.63, 3.8) is 0 Å². The average Bonchev–Trinajstić information content (AvgIpc) is 2.98. The van der Waals surface area contributed by atoms with Crippen LogP contribution in [0.4, 0.5) is 4.79 Å². The van der Waals surface area contributed by atoms with Gasteiger partial charge in [0.25, 0.3) is 0 Å². The van der Waals surface area contributed by atoms with Gasteiger partial charge in [-0.15, -0.1) is 0 Å². The van der Waals surface area contributed by atoms with Gasteiger partial charge in [0.15, 0.2) is 0 Å². The predicted octanol–water partition coefficient (Wildman–Crippen LogP) is 5.50. The van der Waals surface area contributed by atoms with Crippen LogP contribution in [0.15, 0.2) is 0 Å². The molecular weight excluding hydrogens is 312 g/mol. The van der Waals surface area contributed by atoms with Gasteiger partial charge in [-0.2, -0.15) is 0 Å². The molecule has 1 fully saturated rings. The van der Waals surface area contributed by atoms with Crippen LogP contribution in [0.1, 0.15) is 98.8 Å². The first kappa shape index (κ1) is 22.3. The maximum absolute atomic E-state index is 12.3. The second kappa shape index (κ2) is 11.8. The highest BCUT2D eigenvalue weighted by atomic mass is 16.6. The van der Waals surface area contributed by atoms with E-state index >= 15 is 0 Å². The molecule has 0 spiro atoms. The first-order valence-electron chi connectivity index (χ1n) is 10.6. The van der Waals surface area contributed by atoms with Gasteiger partial charge in [0, 0.05) is 18.6 Å². The van der Waals surface area contributed by atoms with Crippen molar-refractivity contribution in [1.82, 2.24) is 10.2 Å². The number of hydrogen-bond donors (Lipinski definition) is 1. The van der Waals surface area contributed by atoms with E-state index < -0.39 is 5.60 Å². The van der Waals surface area contributed by atoms with Crippen LogP contribution in [0, 0.1) is 0 Å². The van der Waals surface area contributed by atoms with Gasteiger partial charge in [-0.05, 0) is 59.9 Å². The predicted molar refractivity (Wildman–Crippen MR) is 106 cm³/mol. The van der Waals surface area contributed by atoms with Crippen LogP contribution in [0.5, 0.6) is 0 Å². The lowest BCUT2D eigenvalue weighted by Gasteiger charge is -2.29. The fourth-order valence-corrected chi connectivity index (χ4v) is 3.53. The Morgan fingerprint density at radius 3 is 2.56 bits per heavy atom. The molecular formula is C21H42N2O2. The third-order valence-corrected chi connectivity index (χ3v) is 4.97. The lowest BCUT2D eigenvalue weighted by Crippen LogP contribution is -2.41. The molecule has 0 saturated carbocycles. The Labute approximate surface area is 156 Å². The number of ether oxygens (including phenoxy) is 1. The van der Waals surface area contributed by atoms with Crippen LogP contribution in [0.25, 0.3) is 0 Å². The summed E-state index contributed by atoms with van der Waals surface area (Å²) >= 11 is 0. The number of rotatable bonds is 11. The smallest absolute Gasteiger partial charge is 0.410 e. The zero-order valence-corrected chi connectivity index (χ0v) is 17.4. The normalized spacial score (nSPS) is 19.2. The second-order valence-corrected chi connectivity index (χ2v) is 8.67. The molecule has 0 radical (unpaired) electrons. The maximum atomic E-state index is 12.3. The minimum atomic E-state index is -0.409. The van der Waals surface area contributed by atoms with E-state index in [1.165, 1.54) is 44.9 Å². The van der Waals surface area contributed by atoms with Gasteiger partial charge in [-0.25, -0.2) is 4.79 Å². The summed E-state index contributed by atoms with van der Waals surface area (Å²) in [5.74, 6) is 0. The molecule has 4 heteroatoms. The standard InChI is InChI=1S/C21H42N2O2/c1-6-7-8-9-10-11-13-18(2)22-16-15-19-14-12-17-23(19)20(24)25-21(3,4)5/h18-19,22H,6-17H2,1-5H3. The highest BCUT2D eigenvalue weighted by Crippen LogP contribution is 2.22. The van der Waals surface area contributed by atoms with Crippen molar-refractivity contribution in [2.75, 3.05) is 13.1 Å². The van der Waals surface area contributed by atoms with Crippen molar-refractivity contribution in [2.45, 2.75) is 117 Å². The number of hydrogen-bond acceptors (Lipinski definition) is 3. The van der Waals surface area contributed by atoms with Crippen molar-refractivity contribution in [3.05, 3.63) is 0 Å². The molecule has 1 aliphatic rings. The molecule has 0 aromatic rings. The minimum absolute atomic E-state index is 0.143. The molecule has 1 heterocycles. The van der Waals surface area contributed by atoms with E-state index in [4.69, 9.17) is 4.74 Å². The first-order chi connectivity index (χ1) is 11.8. The average molecular weight is 355 g/mol. The molecule has 1 aliphatic heterocycles. The van der Waals surface area contributed by atoms with Gasteiger partial charge < -0.3 is 15.0 Å². The zero-order chi connectivity index (χ0) is 18.7. The van der Waals surface area contributed by atoms with E-state index in [0.29, 0.717) is 12.1 Å². The summed E-state index contributed by atoms with van der Waals surface area (Å²) in [5, 5.41) is 3.64. The third-order valence-electron chi connectivity index (χ3n) is 4.97. The first-order valence-corrected chi connectivity index (χ1v) is 10.6. The molecule has 1 rings (SSSR count). The van der Waals surface area contributed by atoms with Crippen molar-refractivity contribution >= 4 is 6.09 Å². The summed E-state index contributed by atoms with van der Waals surface area (Å²) in [6.07, 6.45) is 12.5. The van der Waals surface area contributed by atoms with Crippen LogP contribution in [-0.4, -0.2) is 41.8 Å². The number of nitrogens with zero attached hydrogens (tertiary/aromatic N) is 1. The van der Waals surface area contributed by atoms with Gasteiger partial charge in [0.1, 0.15) is 5.60 Å². The van der Waals surface area contributed by atoms with Crippen molar-refractivity contribution < 1.29 is 9.53 Å². The number of likely N-dealkylation sites (tertiary alicyclic amines) is 1. The van der Waals surface area contributed by atoms with Crippen molar-refractivity contribution in [3.8, 4) is 0 Å². The number of carbonyl (C=O) groups is 1.